The highest BCUT2D eigenvalue weighted by molar-refractivity contribution is 7.92. The molecule has 0 aliphatic rings. The molecule has 3 aromatic carbocycles. The fourth-order valence-electron chi connectivity index (χ4n) is 3.27. The monoisotopic (exact) mass is 574 g/mol. The van der Waals surface area contributed by atoms with Gasteiger partial charge in [-0.3, -0.25) is 13.9 Å². The van der Waals surface area contributed by atoms with Gasteiger partial charge in [0, 0.05) is 6.07 Å². The Labute approximate surface area is 231 Å². The Morgan fingerprint density at radius 3 is 2.31 bits per heavy atom. The van der Waals surface area contributed by atoms with Crippen molar-refractivity contribution in [2.24, 2.45) is 5.10 Å². The molecular formula is C26H27ClN4O7S. The summed E-state index contributed by atoms with van der Waals surface area (Å²) in [6.45, 7) is -0.722. The van der Waals surface area contributed by atoms with E-state index in [1.54, 1.807) is 54.6 Å². The van der Waals surface area contributed by atoms with Gasteiger partial charge in [0.05, 0.1) is 43.1 Å². The standard InChI is InChI=1S/C26H27ClN4O7S/c1-36-23-13-10-19(14-24(23)37-2)31(39(3,34)35)16-25(32)30-28-15-18-8-11-20(12-9-18)38-17-26(33)29-22-7-5-4-6-21(22)27/h4-15H,16-17H2,1-3H3,(H,29,33)(H,30,32)/b28-15-. The summed E-state index contributed by atoms with van der Waals surface area (Å²) in [6.07, 6.45) is 2.37. The number of rotatable bonds is 12. The first-order chi connectivity index (χ1) is 18.6. The first kappa shape index (κ1) is 29.3. The van der Waals surface area contributed by atoms with E-state index in [9.17, 15) is 18.0 Å². The molecule has 0 saturated heterocycles. The zero-order valence-electron chi connectivity index (χ0n) is 21.4. The Kier molecular flexibility index (Phi) is 10.1. The van der Waals surface area contributed by atoms with Crippen molar-refractivity contribution in [3.63, 3.8) is 0 Å². The van der Waals surface area contributed by atoms with Crippen LogP contribution in [0.4, 0.5) is 11.4 Å². The SMILES string of the molecule is COc1ccc(N(CC(=O)N/N=C\c2ccc(OCC(=O)Nc3ccccc3Cl)cc2)S(C)(=O)=O)cc1OC. The van der Waals surface area contributed by atoms with E-state index in [0.717, 1.165) is 10.6 Å². The van der Waals surface area contributed by atoms with E-state index in [4.69, 9.17) is 25.8 Å². The van der Waals surface area contributed by atoms with Gasteiger partial charge in [-0.1, -0.05) is 23.7 Å². The molecule has 0 bridgehead atoms. The number of carbonyl (C=O) groups is 2. The molecule has 0 spiro atoms. The van der Waals surface area contributed by atoms with E-state index >= 15 is 0 Å². The van der Waals surface area contributed by atoms with E-state index < -0.39 is 22.5 Å². The van der Waals surface area contributed by atoms with Crippen molar-refractivity contribution in [3.8, 4) is 17.2 Å². The van der Waals surface area contributed by atoms with Gasteiger partial charge in [-0.25, -0.2) is 13.8 Å². The molecule has 39 heavy (non-hydrogen) atoms. The third-order valence-electron chi connectivity index (χ3n) is 5.14. The highest BCUT2D eigenvalue weighted by Gasteiger charge is 2.22. The highest BCUT2D eigenvalue weighted by Crippen LogP contribution is 2.32. The van der Waals surface area contributed by atoms with E-state index in [1.165, 1.54) is 32.6 Å². The van der Waals surface area contributed by atoms with Gasteiger partial charge in [-0.15, -0.1) is 0 Å². The highest BCUT2D eigenvalue weighted by atomic mass is 35.5. The quantitative estimate of drug-likeness (QED) is 0.250. The summed E-state index contributed by atoms with van der Waals surface area (Å²) in [5.41, 5.74) is 3.66. The minimum absolute atomic E-state index is 0.217. The average molecular weight is 575 g/mol. The molecule has 3 rings (SSSR count). The van der Waals surface area contributed by atoms with E-state index in [2.05, 4.69) is 15.8 Å². The summed E-state index contributed by atoms with van der Waals surface area (Å²) in [7, 11) is -0.915. The van der Waals surface area contributed by atoms with Gasteiger partial charge in [-0.05, 0) is 54.1 Å². The zero-order chi connectivity index (χ0) is 28.4. The van der Waals surface area contributed by atoms with Crippen LogP contribution in [0, 0.1) is 0 Å². The second-order valence-electron chi connectivity index (χ2n) is 7.99. The Bertz CT molecular complexity index is 1450. The minimum Gasteiger partial charge on any atom is -0.493 e. The lowest BCUT2D eigenvalue weighted by atomic mass is 10.2. The second kappa shape index (κ2) is 13.5. The zero-order valence-corrected chi connectivity index (χ0v) is 23.0. The molecule has 0 aliphatic carbocycles. The maximum Gasteiger partial charge on any atom is 0.262 e. The lowest BCUT2D eigenvalue weighted by Gasteiger charge is -2.22. The summed E-state index contributed by atoms with van der Waals surface area (Å²) in [5.74, 6) is 0.157. The first-order valence-corrected chi connectivity index (χ1v) is 13.6. The Hall–Kier alpha value is -4.29. The van der Waals surface area contributed by atoms with Gasteiger partial charge in [0.1, 0.15) is 12.3 Å². The van der Waals surface area contributed by atoms with Gasteiger partial charge < -0.3 is 19.5 Å². The van der Waals surface area contributed by atoms with Gasteiger partial charge in [-0.2, -0.15) is 5.10 Å². The number of nitrogens with zero attached hydrogens (tertiary/aromatic N) is 2. The third kappa shape index (κ3) is 8.62. The van der Waals surface area contributed by atoms with Crippen LogP contribution in [-0.2, 0) is 19.6 Å². The Morgan fingerprint density at radius 1 is 0.974 bits per heavy atom. The van der Waals surface area contributed by atoms with E-state index in [1.807, 2.05) is 0 Å². The molecule has 0 aliphatic heterocycles. The van der Waals surface area contributed by atoms with Crippen molar-refractivity contribution in [2.75, 3.05) is 43.2 Å². The van der Waals surface area contributed by atoms with Crippen LogP contribution in [0.1, 0.15) is 5.56 Å². The van der Waals surface area contributed by atoms with Crippen LogP contribution in [-0.4, -0.2) is 60.1 Å². The predicted molar refractivity (Wildman–Crippen MR) is 149 cm³/mol. The topological polar surface area (TPSA) is 136 Å². The average Bonchev–Trinajstić information content (AvgIpc) is 2.91. The fourth-order valence-corrected chi connectivity index (χ4v) is 4.30. The smallest absolute Gasteiger partial charge is 0.262 e. The van der Waals surface area contributed by atoms with Gasteiger partial charge in [0.25, 0.3) is 11.8 Å². The normalized spacial score (nSPS) is 11.1. The van der Waals surface area contributed by atoms with Crippen LogP contribution < -0.4 is 29.3 Å². The van der Waals surface area contributed by atoms with Crippen molar-refractivity contribution in [2.45, 2.75) is 0 Å². The lowest BCUT2D eigenvalue weighted by molar-refractivity contribution is -0.119. The summed E-state index contributed by atoms with van der Waals surface area (Å²) < 4.78 is 41.5. The van der Waals surface area contributed by atoms with Crippen LogP contribution in [0.2, 0.25) is 5.02 Å². The van der Waals surface area contributed by atoms with E-state index in [-0.39, 0.29) is 18.2 Å². The number of nitrogens with one attached hydrogen (secondary N) is 2. The number of sulfonamides is 1. The number of hydrazone groups is 1. The van der Waals surface area contributed by atoms with Crippen LogP contribution in [0.3, 0.4) is 0 Å². The number of anilines is 2. The number of hydrogen-bond donors (Lipinski definition) is 2. The maximum absolute atomic E-state index is 12.4. The molecule has 0 radical (unpaired) electrons. The van der Waals surface area contributed by atoms with Crippen LogP contribution >= 0.6 is 11.6 Å². The van der Waals surface area contributed by atoms with Gasteiger partial charge in [0.15, 0.2) is 18.1 Å². The van der Waals surface area contributed by atoms with Crippen LogP contribution in [0.25, 0.3) is 0 Å². The molecule has 206 valence electrons. The van der Waals surface area contributed by atoms with Crippen LogP contribution in [0.15, 0.2) is 71.8 Å². The van der Waals surface area contributed by atoms with Crippen molar-refractivity contribution >= 4 is 51.0 Å². The molecule has 0 fully saturated rings. The summed E-state index contributed by atoms with van der Waals surface area (Å²) in [5, 5.41) is 6.97. The Morgan fingerprint density at radius 2 is 1.67 bits per heavy atom. The number of methoxy groups -OCH3 is 2. The van der Waals surface area contributed by atoms with Gasteiger partial charge >= 0.3 is 0 Å². The number of amides is 2. The molecule has 0 heterocycles. The predicted octanol–water partition coefficient (Wildman–Crippen LogP) is 3.29. The summed E-state index contributed by atoms with van der Waals surface area (Å²) >= 11 is 6.03. The molecule has 2 N–H and O–H groups in total. The minimum atomic E-state index is -3.80. The molecule has 0 saturated carbocycles. The molecular weight excluding hydrogens is 548 g/mol. The molecule has 0 aromatic heterocycles. The fraction of sp³-hybridized carbons (Fsp3) is 0.192. The third-order valence-corrected chi connectivity index (χ3v) is 6.61. The number of carbonyl (C=O) groups excluding carboxylic acids is 2. The molecule has 0 atom stereocenters. The number of para-hydroxylation sites is 1. The second-order valence-corrected chi connectivity index (χ2v) is 10.3. The van der Waals surface area contributed by atoms with Crippen LogP contribution in [0.5, 0.6) is 17.2 Å². The summed E-state index contributed by atoms with van der Waals surface area (Å²) in [4.78, 5) is 24.5. The maximum atomic E-state index is 12.4. The van der Waals surface area contributed by atoms with Crippen molar-refractivity contribution < 1.29 is 32.2 Å². The van der Waals surface area contributed by atoms with E-state index in [0.29, 0.717) is 33.5 Å². The van der Waals surface area contributed by atoms with Gasteiger partial charge in [0.2, 0.25) is 10.0 Å². The largest absolute Gasteiger partial charge is 0.493 e. The van der Waals surface area contributed by atoms with Crippen molar-refractivity contribution in [1.29, 1.82) is 0 Å². The number of hydrogen-bond acceptors (Lipinski definition) is 8. The molecule has 13 heteroatoms. The Balaban J connectivity index is 1.54. The molecule has 0 unspecified atom stereocenters. The number of ether oxygens (including phenoxy) is 3. The van der Waals surface area contributed by atoms with Crippen molar-refractivity contribution in [3.05, 3.63) is 77.3 Å². The summed E-state index contributed by atoms with van der Waals surface area (Å²) in [6, 6.07) is 18.0. The van der Waals surface area contributed by atoms with Crippen molar-refractivity contribution in [1.82, 2.24) is 5.43 Å². The molecule has 11 nitrogen and oxygen atoms in total. The molecule has 2 amide bonds. The molecule has 3 aromatic rings. The number of halogens is 1. The first-order valence-electron chi connectivity index (χ1n) is 11.4. The lowest BCUT2D eigenvalue weighted by Crippen LogP contribution is -2.39. The number of benzene rings is 3.